The molecule has 26 heavy (non-hydrogen) atoms. The fraction of sp³-hybridized carbons (Fsp3) is 0.238. The molecule has 5 heteroatoms. The minimum Gasteiger partial charge on any atom is -0.486 e. The third kappa shape index (κ3) is 4.92. The van der Waals surface area contributed by atoms with Gasteiger partial charge in [0.05, 0.1) is 5.69 Å². The molecule has 0 aliphatic heterocycles. The second-order valence-electron chi connectivity index (χ2n) is 6.12. The summed E-state index contributed by atoms with van der Waals surface area (Å²) in [5, 5.41) is 3.77. The molecule has 1 heterocycles. The normalized spacial score (nSPS) is 10.5. The first kappa shape index (κ1) is 18.1. The first-order valence-corrected chi connectivity index (χ1v) is 9.41. The number of ether oxygens (including phenoxy) is 1. The molecule has 0 radical (unpaired) electrons. The van der Waals surface area contributed by atoms with Crippen molar-refractivity contribution in [3.63, 3.8) is 0 Å². The molecule has 1 N–H and O–H groups in total. The Morgan fingerprint density at radius 3 is 2.54 bits per heavy atom. The minimum atomic E-state index is -0.0717. The van der Waals surface area contributed by atoms with Crippen molar-refractivity contribution in [1.29, 1.82) is 0 Å². The number of benzene rings is 2. The lowest BCUT2D eigenvalue weighted by Gasteiger charge is -2.04. The summed E-state index contributed by atoms with van der Waals surface area (Å²) in [6.45, 7) is 4.87. The monoisotopic (exact) mass is 366 g/mol. The Labute approximate surface area is 157 Å². The lowest BCUT2D eigenvalue weighted by molar-refractivity contribution is 0.0957. The average molecular weight is 366 g/mol. The summed E-state index contributed by atoms with van der Waals surface area (Å²) in [6.07, 6.45) is 0.813. The minimum absolute atomic E-state index is 0.0717. The van der Waals surface area contributed by atoms with Gasteiger partial charge in [-0.25, -0.2) is 4.98 Å². The topological polar surface area (TPSA) is 51.2 Å². The summed E-state index contributed by atoms with van der Waals surface area (Å²) in [5.41, 5.74) is 3.15. The Kier molecular flexibility index (Phi) is 6.02. The number of aromatic nitrogens is 1. The van der Waals surface area contributed by atoms with Crippen molar-refractivity contribution in [2.24, 2.45) is 0 Å². The van der Waals surface area contributed by atoms with Gasteiger partial charge in [0.2, 0.25) is 0 Å². The number of rotatable bonds is 7. The van der Waals surface area contributed by atoms with Gasteiger partial charge in [-0.1, -0.05) is 48.0 Å². The van der Waals surface area contributed by atoms with Gasteiger partial charge >= 0.3 is 0 Å². The summed E-state index contributed by atoms with van der Waals surface area (Å²) in [4.78, 5) is 17.5. The van der Waals surface area contributed by atoms with Crippen molar-refractivity contribution in [2.45, 2.75) is 26.9 Å². The molecule has 134 valence electrons. The zero-order chi connectivity index (χ0) is 18.4. The van der Waals surface area contributed by atoms with Gasteiger partial charge in [-0.2, -0.15) is 0 Å². The molecule has 0 unspecified atom stereocenters. The van der Waals surface area contributed by atoms with Crippen LogP contribution in [-0.4, -0.2) is 17.4 Å². The molecule has 3 aromatic rings. The smallest absolute Gasteiger partial charge is 0.263 e. The van der Waals surface area contributed by atoms with Crippen molar-refractivity contribution in [3.8, 4) is 5.75 Å². The van der Waals surface area contributed by atoms with Crippen LogP contribution in [0.2, 0.25) is 0 Å². The highest BCUT2D eigenvalue weighted by molar-refractivity contribution is 7.13. The van der Waals surface area contributed by atoms with Crippen LogP contribution in [-0.2, 0) is 13.0 Å². The van der Waals surface area contributed by atoms with E-state index in [-0.39, 0.29) is 5.91 Å². The van der Waals surface area contributed by atoms with Crippen LogP contribution < -0.4 is 10.1 Å². The Morgan fingerprint density at radius 2 is 1.81 bits per heavy atom. The SMILES string of the molecule is Cc1ccc(OCc2nc(C)c(C(=O)NCCc3ccccc3)s2)cc1. The van der Waals surface area contributed by atoms with Crippen LogP contribution in [0.5, 0.6) is 5.75 Å². The molecule has 0 spiro atoms. The van der Waals surface area contributed by atoms with E-state index in [2.05, 4.69) is 22.4 Å². The van der Waals surface area contributed by atoms with E-state index in [1.165, 1.54) is 22.5 Å². The van der Waals surface area contributed by atoms with Gasteiger partial charge in [0.1, 0.15) is 22.2 Å². The molecule has 0 atom stereocenters. The van der Waals surface area contributed by atoms with Gasteiger partial charge in [-0.3, -0.25) is 4.79 Å². The summed E-state index contributed by atoms with van der Waals surface area (Å²) in [7, 11) is 0. The second kappa shape index (κ2) is 8.63. The number of carbonyl (C=O) groups excluding carboxylic acids is 1. The van der Waals surface area contributed by atoms with Gasteiger partial charge in [0.25, 0.3) is 5.91 Å². The molecule has 1 aromatic heterocycles. The van der Waals surface area contributed by atoms with Crippen LogP contribution >= 0.6 is 11.3 Å². The number of thiazole rings is 1. The number of carbonyl (C=O) groups is 1. The molecule has 0 fully saturated rings. The van der Waals surface area contributed by atoms with Crippen molar-refractivity contribution in [3.05, 3.63) is 81.3 Å². The Hall–Kier alpha value is -2.66. The van der Waals surface area contributed by atoms with Gasteiger partial charge in [-0.15, -0.1) is 11.3 Å². The second-order valence-corrected chi connectivity index (χ2v) is 7.20. The molecule has 0 saturated heterocycles. The predicted octanol–water partition coefficient (Wildman–Crippen LogP) is 4.31. The fourth-order valence-corrected chi connectivity index (χ4v) is 3.44. The first-order valence-electron chi connectivity index (χ1n) is 8.60. The van der Waals surface area contributed by atoms with Crippen LogP contribution in [0.1, 0.15) is 31.5 Å². The van der Waals surface area contributed by atoms with Crippen LogP contribution in [0.4, 0.5) is 0 Å². The molecule has 3 rings (SSSR count). The maximum Gasteiger partial charge on any atom is 0.263 e. The molecule has 4 nitrogen and oxygen atoms in total. The molecule has 0 aliphatic carbocycles. The Balaban J connectivity index is 1.53. The quantitative estimate of drug-likeness (QED) is 0.678. The van der Waals surface area contributed by atoms with Gasteiger partial charge in [-0.05, 0) is 38.0 Å². The number of nitrogens with zero attached hydrogens (tertiary/aromatic N) is 1. The largest absolute Gasteiger partial charge is 0.486 e. The Morgan fingerprint density at radius 1 is 1.08 bits per heavy atom. The molecular formula is C21H22N2O2S. The number of hydrogen-bond donors (Lipinski definition) is 1. The van der Waals surface area contributed by atoms with E-state index in [0.29, 0.717) is 18.0 Å². The maximum atomic E-state index is 12.4. The number of nitrogens with one attached hydrogen (secondary N) is 1. The van der Waals surface area contributed by atoms with E-state index >= 15 is 0 Å². The molecule has 2 aromatic carbocycles. The molecular weight excluding hydrogens is 344 g/mol. The maximum absolute atomic E-state index is 12.4. The lowest BCUT2D eigenvalue weighted by atomic mass is 10.1. The molecule has 1 amide bonds. The summed E-state index contributed by atoms with van der Waals surface area (Å²) in [6, 6.07) is 18.0. The van der Waals surface area contributed by atoms with E-state index in [1.807, 2.05) is 56.3 Å². The standard InChI is InChI=1S/C21H22N2O2S/c1-15-8-10-18(11-9-15)25-14-19-23-16(2)20(26-19)21(24)22-13-12-17-6-4-3-5-7-17/h3-11H,12-14H2,1-2H3,(H,22,24). The highest BCUT2D eigenvalue weighted by atomic mass is 32.1. The first-order chi connectivity index (χ1) is 12.6. The van der Waals surface area contributed by atoms with Crippen molar-refractivity contribution < 1.29 is 9.53 Å². The van der Waals surface area contributed by atoms with Crippen LogP contribution in [0.3, 0.4) is 0 Å². The highest BCUT2D eigenvalue weighted by Gasteiger charge is 2.15. The zero-order valence-corrected chi connectivity index (χ0v) is 15.8. The zero-order valence-electron chi connectivity index (χ0n) is 15.0. The molecule has 0 saturated carbocycles. The number of hydrogen-bond acceptors (Lipinski definition) is 4. The van der Waals surface area contributed by atoms with Crippen LogP contribution in [0.25, 0.3) is 0 Å². The van der Waals surface area contributed by atoms with Crippen LogP contribution in [0.15, 0.2) is 54.6 Å². The van der Waals surface area contributed by atoms with E-state index < -0.39 is 0 Å². The molecule has 0 aliphatic rings. The van der Waals surface area contributed by atoms with E-state index in [1.54, 1.807) is 0 Å². The van der Waals surface area contributed by atoms with E-state index in [4.69, 9.17) is 4.74 Å². The third-order valence-electron chi connectivity index (χ3n) is 3.97. The van der Waals surface area contributed by atoms with Crippen LogP contribution in [0, 0.1) is 13.8 Å². The van der Waals surface area contributed by atoms with Gasteiger partial charge in [0.15, 0.2) is 0 Å². The van der Waals surface area contributed by atoms with Gasteiger partial charge in [0, 0.05) is 6.54 Å². The van der Waals surface area contributed by atoms with Crippen molar-refractivity contribution in [2.75, 3.05) is 6.54 Å². The van der Waals surface area contributed by atoms with Crippen molar-refractivity contribution >= 4 is 17.2 Å². The summed E-state index contributed by atoms with van der Waals surface area (Å²) in [5.74, 6) is 0.731. The highest BCUT2D eigenvalue weighted by Crippen LogP contribution is 2.20. The summed E-state index contributed by atoms with van der Waals surface area (Å²) >= 11 is 1.39. The average Bonchev–Trinajstić information content (AvgIpc) is 3.03. The number of aryl methyl sites for hydroxylation is 2. The van der Waals surface area contributed by atoms with E-state index in [0.717, 1.165) is 22.9 Å². The predicted molar refractivity (Wildman–Crippen MR) is 105 cm³/mol. The molecule has 0 bridgehead atoms. The number of amides is 1. The van der Waals surface area contributed by atoms with E-state index in [9.17, 15) is 4.79 Å². The lowest BCUT2D eigenvalue weighted by Crippen LogP contribution is -2.25. The van der Waals surface area contributed by atoms with Crippen molar-refractivity contribution in [1.82, 2.24) is 10.3 Å². The summed E-state index contributed by atoms with van der Waals surface area (Å²) < 4.78 is 5.75. The third-order valence-corrected chi connectivity index (χ3v) is 5.10. The van der Waals surface area contributed by atoms with Gasteiger partial charge < -0.3 is 10.1 Å². The Bertz CT molecular complexity index is 857. The fourth-order valence-electron chi connectivity index (χ4n) is 2.55.